The average Bonchev–Trinajstić information content (AvgIpc) is 3.09. The topological polar surface area (TPSA) is 61.8 Å². The van der Waals surface area contributed by atoms with Crippen LogP contribution in [0.2, 0.25) is 0 Å². The van der Waals surface area contributed by atoms with Gasteiger partial charge < -0.3 is 10.2 Å². The van der Waals surface area contributed by atoms with E-state index in [4.69, 9.17) is 4.99 Å². The van der Waals surface area contributed by atoms with Gasteiger partial charge in [0.15, 0.2) is 11.6 Å². The van der Waals surface area contributed by atoms with Crippen LogP contribution in [-0.2, 0) is 9.59 Å². The zero-order chi connectivity index (χ0) is 29.1. The minimum Gasteiger partial charge on any atom is -0.326 e. The summed E-state index contributed by atoms with van der Waals surface area (Å²) >= 11 is 0. The molecule has 4 aromatic rings. The molecular weight excluding hydrogens is 527 g/mol. The van der Waals surface area contributed by atoms with Gasteiger partial charge in [-0.2, -0.15) is 0 Å². The van der Waals surface area contributed by atoms with Crippen molar-refractivity contribution in [1.82, 2.24) is 5.32 Å². The number of fused-ring (bicyclic) bond motifs is 1. The third-order valence-corrected chi connectivity index (χ3v) is 7.12. The molecule has 4 aromatic carbocycles. The molecule has 2 amide bonds. The van der Waals surface area contributed by atoms with Crippen molar-refractivity contribution in [2.75, 3.05) is 11.9 Å². The Bertz CT molecular complexity index is 1640. The van der Waals surface area contributed by atoms with Gasteiger partial charge in [0.2, 0.25) is 12.1 Å². The highest BCUT2D eigenvalue weighted by molar-refractivity contribution is 6.20. The van der Waals surface area contributed by atoms with Gasteiger partial charge in [0.25, 0.3) is 5.91 Å². The normalized spacial score (nSPS) is 16.2. The standard InChI is InChI=1S/C33H26F3N3O2/c1-3-24(22-15-18-26(35)27(36)19-22)29(20-13-16-23(34)17-14-20)32(40)38-31-33(41)39(2)28-12-8-7-11-25(28)30(37-31)21-9-5-4-6-10-21/h3-19,24,29,31H,1H2,2H3,(H,38,40)/t24-,29+,31+/m0/s1. The number of rotatable bonds is 7. The molecule has 0 bridgehead atoms. The zero-order valence-corrected chi connectivity index (χ0v) is 22.1. The summed E-state index contributed by atoms with van der Waals surface area (Å²) in [4.78, 5) is 33.9. The van der Waals surface area contributed by atoms with Gasteiger partial charge in [-0.1, -0.05) is 72.8 Å². The van der Waals surface area contributed by atoms with E-state index in [1.54, 1.807) is 13.1 Å². The van der Waals surface area contributed by atoms with Crippen LogP contribution < -0.4 is 10.2 Å². The van der Waals surface area contributed by atoms with Crippen LogP contribution in [-0.4, -0.2) is 30.7 Å². The molecule has 0 unspecified atom stereocenters. The molecule has 3 atom stereocenters. The lowest BCUT2D eigenvalue weighted by Crippen LogP contribution is -2.48. The first-order chi connectivity index (χ1) is 19.8. The van der Waals surface area contributed by atoms with Crippen molar-refractivity contribution in [2.45, 2.75) is 18.0 Å². The zero-order valence-electron chi connectivity index (χ0n) is 22.1. The molecule has 8 heteroatoms. The van der Waals surface area contributed by atoms with Crippen LogP contribution in [0.25, 0.3) is 0 Å². The van der Waals surface area contributed by atoms with Gasteiger partial charge in [-0.3, -0.25) is 9.59 Å². The Balaban J connectivity index is 1.58. The maximum absolute atomic E-state index is 14.2. The molecule has 0 spiro atoms. The van der Waals surface area contributed by atoms with Crippen molar-refractivity contribution in [3.63, 3.8) is 0 Å². The van der Waals surface area contributed by atoms with Gasteiger partial charge in [0.1, 0.15) is 5.82 Å². The van der Waals surface area contributed by atoms with E-state index in [1.165, 1.54) is 41.3 Å². The summed E-state index contributed by atoms with van der Waals surface area (Å²) in [6.07, 6.45) is 0.129. The SMILES string of the molecule is C=C[C@@H](c1ccc(F)c(F)c1)[C@H](C(=O)N[C@H]1N=C(c2ccccc2)c2ccccc2N(C)C1=O)c1ccc(F)cc1. The number of anilines is 1. The first-order valence-electron chi connectivity index (χ1n) is 12.9. The first-order valence-corrected chi connectivity index (χ1v) is 12.9. The Morgan fingerprint density at radius 2 is 1.56 bits per heavy atom. The number of carbonyl (C=O) groups excluding carboxylic acids is 2. The van der Waals surface area contributed by atoms with Crippen molar-refractivity contribution >= 4 is 23.2 Å². The van der Waals surface area contributed by atoms with Crippen molar-refractivity contribution in [3.8, 4) is 0 Å². The Morgan fingerprint density at radius 1 is 0.902 bits per heavy atom. The van der Waals surface area contributed by atoms with Crippen LogP contribution >= 0.6 is 0 Å². The molecular formula is C33H26F3N3O2. The lowest BCUT2D eigenvalue weighted by molar-refractivity contribution is -0.128. The van der Waals surface area contributed by atoms with Crippen LogP contribution in [0, 0.1) is 17.5 Å². The Labute approximate surface area is 235 Å². The number of hydrogen-bond acceptors (Lipinski definition) is 3. The Morgan fingerprint density at radius 3 is 2.24 bits per heavy atom. The lowest BCUT2D eigenvalue weighted by Gasteiger charge is -2.27. The van der Waals surface area contributed by atoms with Crippen LogP contribution in [0.5, 0.6) is 0 Å². The quantitative estimate of drug-likeness (QED) is 0.281. The Kier molecular flexibility index (Phi) is 7.83. The minimum atomic E-state index is -1.31. The van der Waals surface area contributed by atoms with Crippen molar-refractivity contribution < 1.29 is 22.8 Å². The highest BCUT2D eigenvalue weighted by Gasteiger charge is 2.36. The fraction of sp³-hybridized carbons (Fsp3) is 0.121. The number of benzodiazepines with no additional fused rings is 1. The molecule has 1 N–H and O–H groups in total. The second-order valence-electron chi connectivity index (χ2n) is 9.63. The van der Waals surface area contributed by atoms with Crippen molar-refractivity contribution in [2.24, 2.45) is 4.99 Å². The first kappa shape index (κ1) is 27.6. The van der Waals surface area contributed by atoms with Gasteiger partial charge in [0.05, 0.1) is 17.3 Å². The van der Waals surface area contributed by atoms with Crippen LogP contribution in [0.15, 0.2) is 115 Å². The van der Waals surface area contributed by atoms with E-state index in [9.17, 15) is 22.8 Å². The number of halogens is 3. The lowest BCUT2D eigenvalue weighted by atomic mass is 9.80. The fourth-order valence-corrected chi connectivity index (χ4v) is 5.04. The second kappa shape index (κ2) is 11.6. The summed E-state index contributed by atoms with van der Waals surface area (Å²) in [7, 11) is 1.61. The molecule has 0 aromatic heterocycles. The number of likely N-dealkylation sites (N-methyl/N-ethyl adjacent to an activating group) is 1. The Hall–Kier alpha value is -4.98. The van der Waals surface area contributed by atoms with Gasteiger partial charge in [0, 0.05) is 24.1 Å². The summed E-state index contributed by atoms with van der Waals surface area (Å²) < 4.78 is 41.8. The molecule has 5 rings (SSSR count). The van der Waals surface area contributed by atoms with E-state index >= 15 is 0 Å². The van der Waals surface area contributed by atoms with Crippen LogP contribution in [0.1, 0.15) is 34.1 Å². The monoisotopic (exact) mass is 553 g/mol. The number of nitrogens with zero attached hydrogens (tertiary/aromatic N) is 2. The molecule has 0 radical (unpaired) electrons. The van der Waals surface area contributed by atoms with Crippen molar-refractivity contribution in [3.05, 3.63) is 149 Å². The number of nitrogens with one attached hydrogen (secondary N) is 1. The number of aliphatic imine (C=N–C) groups is 1. The number of benzene rings is 4. The van der Waals surface area contributed by atoms with Gasteiger partial charge in [-0.25, -0.2) is 18.2 Å². The third-order valence-electron chi connectivity index (χ3n) is 7.12. The molecule has 41 heavy (non-hydrogen) atoms. The van der Waals surface area contributed by atoms with E-state index in [0.29, 0.717) is 22.5 Å². The summed E-state index contributed by atoms with van der Waals surface area (Å²) in [5, 5.41) is 2.77. The predicted octanol–water partition coefficient (Wildman–Crippen LogP) is 6.11. The number of allylic oxidation sites excluding steroid dienone is 1. The van der Waals surface area contributed by atoms with Gasteiger partial charge in [-0.15, -0.1) is 6.58 Å². The maximum Gasteiger partial charge on any atom is 0.272 e. The molecule has 0 aliphatic carbocycles. The molecule has 1 heterocycles. The van der Waals surface area contributed by atoms with Crippen LogP contribution in [0.3, 0.4) is 0 Å². The molecule has 206 valence electrons. The van der Waals surface area contributed by atoms with E-state index in [0.717, 1.165) is 17.7 Å². The largest absolute Gasteiger partial charge is 0.326 e. The van der Waals surface area contributed by atoms with E-state index in [-0.39, 0.29) is 5.56 Å². The van der Waals surface area contributed by atoms with Crippen molar-refractivity contribution in [1.29, 1.82) is 0 Å². The maximum atomic E-state index is 14.2. The molecule has 0 saturated carbocycles. The average molecular weight is 554 g/mol. The molecule has 1 aliphatic heterocycles. The van der Waals surface area contributed by atoms with E-state index in [1.807, 2.05) is 48.5 Å². The smallest absolute Gasteiger partial charge is 0.272 e. The second-order valence-corrected chi connectivity index (χ2v) is 9.63. The number of hydrogen-bond donors (Lipinski definition) is 1. The predicted molar refractivity (Wildman–Crippen MR) is 152 cm³/mol. The number of carbonyl (C=O) groups is 2. The molecule has 1 aliphatic rings. The fourth-order valence-electron chi connectivity index (χ4n) is 5.04. The molecule has 0 saturated heterocycles. The minimum absolute atomic E-state index is 0.286. The summed E-state index contributed by atoms with van der Waals surface area (Å²) in [5.41, 5.74) is 3.29. The van der Waals surface area contributed by atoms with Gasteiger partial charge >= 0.3 is 0 Å². The highest BCUT2D eigenvalue weighted by Crippen LogP contribution is 2.36. The summed E-state index contributed by atoms with van der Waals surface area (Å²) in [6, 6.07) is 25.2. The van der Waals surface area contributed by atoms with Crippen LogP contribution in [0.4, 0.5) is 18.9 Å². The van der Waals surface area contributed by atoms with Gasteiger partial charge in [-0.05, 0) is 41.5 Å². The number of amides is 2. The number of para-hydroxylation sites is 1. The molecule has 5 nitrogen and oxygen atoms in total. The molecule has 0 fully saturated rings. The highest BCUT2D eigenvalue weighted by atomic mass is 19.2. The summed E-state index contributed by atoms with van der Waals surface area (Å²) in [6.45, 7) is 3.83. The van der Waals surface area contributed by atoms with E-state index in [2.05, 4.69) is 11.9 Å². The third kappa shape index (κ3) is 5.54. The summed E-state index contributed by atoms with van der Waals surface area (Å²) in [5.74, 6) is -5.64. The van der Waals surface area contributed by atoms with E-state index < -0.39 is 47.3 Å².